The van der Waals surface area contributed by atoms with E-state index in [2.05, 4.69) is 4.98 Å². The van der Waals surface area contributed by atoms with Crippen molar-refractivity contribution in [3.8, 4) is 11.6 Å². The number of nitrogens with zero attached hydrogens (tertiary/aromatic N) is 3. The van der Waals surface area contributed by atoms with Gasteiger partial charge in [0.1, 0.15) is 11.3 Å². The molecule has 4 aromatic rings. The lowest BCUT2D eigenvalue weighted by molar-refractivity contribution is 0.425. The third-order valence-corrected chi connectivity index (χ3v) is 6.88. The first-order valence-corrected chi connectivity index (χ1v) is 10.7. The highest BCUT2D eigenvalue weighted by Gasteiger charge is 2.25. The van der Waals surface area contributed by atoms with E-state index in [-0.39, 0.29) is 40.6 Å². The van der Waals surface area contributed by atoms with Gasteiger partial charge in [-0.05, 0) is 29.3 Å². The monoisotopic (exact) mass is 429 g/mol. The van der Waals surface area contributed by atoms with Crippen LogP contribution in [0.2, 0.25) is 0 Å². The molecule has 9 heteroatoms. The van der Waals surface area contributed by atoms with E-state index in [0.29, 0.717) is 16.3 Å². The number of rotatable bonds is 5. The van der Waals surface area contributed by atoms with Gasteiger partial charge < -0.3 is 14.8 Å². The average Bonchev–Trinajstić information content (AvgIpc) is 3.03. The Morgan fingerprint density at radius 3 is 2.47 bits per heavy atom. The SMILES string of the molecule is CN(C)S(=O)(=O)Cc1c2cccnc2c(O)c2c(O)n(Cc3ccc(F)cc3)cc12. The highest BCUT2D eigenvalue weighted by Crippen LogP contribution is 2.43. The van der Waals surface area contributed by atoms with Crippen molar-refractivity contribution in [2.75, 3.05) is 14.1 Å². The van der Waals surface area contributed by atoms with Crippen LogP contribution in [0.15, 0.2) is 48.8 Å². The first-order valence-electron chi connectivity index (χ1n) is 9.14. The van der Waals surface area contributed by atoms with Crippen molar-refractivity contribution in [3.63, 3.8) is 0 Å². The molecule has 2 N–H and O–H groups in total. The van der Waals surface area contributed by atoms with Crippen molar-refractivity contribution in [3.05, 3.63) is 65.7 Å². The molecule has 7 nitrogen and oxygen atoms in total. The molecule has 0 spiro atoms. The zero-order chi connectivity index (χ0) is 21.6. The molecule has 0 saturated heterocycles. The molecular weight excluding hydrogens is 409 g/mol. The fraction of sp³-hybridized carbons (Fsp3) is 0.190. The van der Waals surface area contributed by atoms with Crippen LogP contribution in [0.25, 0.3) is 21.7 Å². The van der Waals surface area contributed by atoms with Crippen LogP contribution in [0.1, 0.15) is 11.1 Å². The quantitative estimate of drug-likeness (QED) is 0.508. The highest BCUT2D eigenvalue weighted by molar-refractivity contribution is 7.88. The maximum atomic E-state index is 13.2. The fourth-order valence-electron chi connectivity index (χ4n) is 3.48. The molecule has 0 bridgehead atoms. The Labute approximate surface area is 172 Å². The molecule has 0 unspecified atom stereocenters. The molecule has 0 aliphatic heterocycles. The first-order chi connectivity index (χ1) is 14.2. The van der Waals surface area contributed by atoms with E-state index >= 15 is 0 Å². The van der Waals surface area contributed by atoms with Crippen molar-refractivity contribution >= 4 is 31.7 Å². The Kier molecular flexibility index (Phi) is 4.87. The second-order valence-electron chi connectivity index (χ2n) is 7.26. The van der Waals surface area contributed by atoms with E-state index in [0.717, 1.165) is 9.87 Å². The first kappa shape index (κ1) is 20.1. The number of fused-ring (bicyclic) bond motifs is 2. The van der Waals surface area contributed by atoms with Crippen molar-refractivity contribution in [2.45, 2.75) is 12.3 Å². The lowest BCUT2D eigenvalue weighted by atomic mass is 10.0. The highest BCUT2D eigenvalue weighted by atomic mass is 32.2. The Hall–Kier alpha value is -3.17. The van der Waals surface area contributed by atoms with Crippen molar-refractivity contribution in [2.24, 2.45) is 0 Å². The fourth-order valence-corrected chi connectivity index (χ4v) is 4.42. The average molecular weight is 429 g/mol. The lowest BCUT2D eigenvalue weighted by Gasteiger charge is -2.14. The molecule has 0 radical (unpaired) electrons. The Morgan fingerprint density at radius 1 is 1.10 bits per heavy atom. The number of halogens is 1. The molecule has 0 aliphatic carbocycles. The molecule has 0 saturated carbocycles. The number of hydrogen-bond acceptors (Lipinski definition) is 5. The van der Waals surface area contributed by atoms with Gasteiger partial charge in [0.15, 0.2) is 5.75 Å². The maximum absolute atomic E-state index is 13.2. The predicted molar refractivity (Wildman–Crippen MR) is 112 cm³/mol. The molecule has 156 valence electrons. The molecule has 0 fully saturated rings. The second-order valence-corrected chi connectivity index (χ2v) is 9.44. The Balaban J connectivity index is 1.98. The number of pyridine rings is 1. The van der Waals surface area contributed by atoms with Crippen LogP contribution in [0.5, 0.6) is 11.6 Å². The van der Waals surface area contributed by atoms with Crippen LogP contribution in [-0.2, 0) is 22.3 Å². The van der Waals surface area contributed by atoms with Gasteiger partial charge in [-0.2, -0.15) is 0 Å². The van der Waals surface area contributed by atoms with Crippen LogP contribution in [0.3, 0.4) is 0 Å². The summed E-state index contributed by atoms with van der Waals surface area (Å²) in [6.45, 7) is 0.212. The molecular formula is C21H20FN3O4S. The number of aromatic nitrogens is 2. The zero-order valence-electron chi connectivity index (χ0n) is 16.4. The normalized spacial score (nSPS) is 12.3. The minimum Gasteiger partial charge on any atom is -0.505 e. The van der Waals surface area contributed by atoms with Gasteiger partial charge in [0.25, 0.3) is 0 Å². The molecule has 0 amide bonds. The second kappa shape index (κ2) is 7.26. The van der Waals surface area contributed by atoms with E-state index in [1.54, 1.807) is 30.5 Å². The summed E-state index contributed by atoms with van der Waals surface area (Å²) in [5.74, 6) is -1.13. The molecule has 0 atom stereocenters. The van der Waals surface area contributed by atoms with Gasteiger partial charge in [0.2, 0.25) is 15.9 Å². The summed E-state index contributed by atoms with van der Waals surface area (Å²) < 4.78 is 41.1. The van der Waals surface area contributed by atoms with Gasteiger partial charge in [-0.25, -0.2) is 17.1 Å². The number of phenols is 1. The number of sulfonamides is 1. The smallest absolute Gasteiger partial charge is 0.217 e. The largest absolute Gasteiger partial charge is 0.505 e. The summed E-state index contributed by atoms with van der Waals surface area (Å²) in [5.41, 5.74) is 1.38. The Morgan fingerprint density at radius 2 is 1.80 bits per heavy atom. The summed E-state index contributed by atoms with van der Waals surface area (Å²) in [4.78, 5) is 4.19. The molecule has 2 aromatic carbocycles. The van der Waals surface area contributed by atoms with Gasteiger partial charge in [0.05, 0.1) is 17.7 Å². The van der Waals surface area contributed by atoms with Crippen LogP contribution in [0, 0.1) is 5.82 Å². The van der Waals surface area contributed by atoms with Gasteiger partial charge in [-0.1, -0.05) is 18.2 Å². The summed E-state index contributed by atoms with van der Waals surface area (Å²) in [7, 11) is -0.725. The van der Waals surface area contributed by atoms with Gasteiger partial charge >= 0.3 is 0 Å². The summed E-state index contributed by atoms with van der Waals surface area (Å²) in [5, 5.41) is 22.7. The summed E-state index contributed by atoms with van der Waals surface area (Å²) in [6.07, 6.45) is 3.09. The summed E-state index contributed by atoms with van der Waals surface area (Å²) >= 11 is 0. The van der Waals surface area contributed by atoms with Gasteiger partial charge in [-0.3, -0.25) is 4.98 Å². The Bertz CT molecular complexity index is 1360. The van der Waals surface area contributed by atoms with Crippen molar-refractivity contribution in [1.82, 2.24) is 13.9 Å². The molecule has 0 aliphatic rings. The third-order valence-electron chi connectivity index (χ3n) is 5.12. The zero-order valence-corrected chi connectivity index (χ0v) is 17.2. The molecule has 2 aromatic heterocycles. The van der Waals surface area contributed by atoms with E-state index in [1.165, 1.54) is 37.0 Å². The van der Waals surface area contributed by atoms with E-state index in [1.807, 2.05) is 0 Å². The van der Waals surface area contributed by atoms with Crippen molar-refractivity contribution < 1.29 is 23.0 Å². The van der Waals surface area contributed by atoms with Crippen LogP contribution in [0.4, 0.5) is 4.39 Å². The number of benzene rings is 2. The van der Waals surface area contributed by atoms with Gasteiger partial charge in [-0.15, -0.1) is 0 Å². The van der Waals surface area contributed by atoms with Crippen LogP contribution >= 0.6 is 0 Å². The van der Waals surface area contributed by atoms with Crippen molar-refractivity contribution in [1.29, 1.82) is 0 Å². The van der Waals surface area contributed by atoms with E-state index in [4.69, 9.17) is 0 Å². The lowest BCUT2D eigenvalue weighted by Crippen LogP contribution is -2.24. The molecule has 30 heavy (non-hydrogen) atoms. The van der Waals surface area contributed by atoms with Crippen LogP contribution < -0.4 is 0 Å². The number of hydrogen-bond donors (Lipinski definition) is 2. The minimum atomic E-state index is -3.62. The van der Waals surface area contributed by atoms with E-state index < -0.39 is 10.0 Å². The van der Waals surface area contributed by atoms with Gasteiger partial charge in [0, 0.05) is 37.3 Å². The molecule has 2 heterocycles. The summed E-state index contributed by atoms with van der Waals surface area (Å²) in [6, 6.07) is 9.18. The number of aromatic hydroxyl groups is 2. The topological polar surface area (TPSA) is 95.7 Å². The van der Waals surface area contributed by atoms with Crippen LogP contribution in [-0.4, -0.2) is 46.6 Å². The maximum Gasteiger partial charge on any atom is 0.217 e. The third kappa shape index (κ3) is 3.35. The van der Waals surface area contributed by atoms with E-state index in [9.17, 15) is 23.0 Å². The molecule has 4 rings (SSSR count). The predicted octanol–water partition coefficient (Wildman–Crippen LogP) is 3.18. The standard InChI is InChI=1S/C21H20FN3O4S/c1-24(2)30(28,29)12-17-15-4-3-9-23-19(15)20(26)18-16(17)11-25(21(18)27)10-13-5-7-14(22)8-6-13/h3-9,11,26-27H,10,12H2,1-2H3. The number of phenolic OH excluding ortho intramolecular Hbond substituents is 1. The minimum absolute atomic E-state index is 0.132.